The van der Waals surface area contributed by atoms with Gasteiger partial charge in [0, 0.05) is 11.1 Å². The van der Waals surface area contributed by atoms with Crippen LogP contribution in [0.25, 0.3) is 0 Å². The number of carbonyl (C=O) groups excluding carboxylic acids is 1. The van der Waals surface area contributed by atoms with Crippen molar-refractivity contribution in [2.24, 2.45) is 0 Å². The molecule has 0 radical (unpaired) electrons. The van der Waals surface area contributed by atoms with Gasteiger partial charge in [-0.05, 0) is 42.8 Å². The van der Waals surface area contributed by atoms with E-state index in [1.807, 2.05) is 44.2 Å². The summed E-state index contributed by atoms with van der Waals surface area (Å²) < 4.78 is 0. The molecular weight excluding hydrogens is 239 g/mol. The Balaban J connectivity index is 2.59. The highest BCUT2D eigenvalue weighted by Gasteiger charge is 2.16. The van der Waals surface area contributed by atoms with Gasteiger partial charge >= 0.3 is 0 Å². The molecule has 1 atom stereocenters. The van der Waals surface area contributed by atoms with E-state index >= 15 is 0 Å². The highest BCUT2D eigenvalue weighted by atomic mass is 31.0. The van der Waals surface area contributed by atoms with Gasteiger partial charge < -0.3 is 0 Å². The number of aryl methyl sites for hydroxylation is 2. The lowest BCUT2D eigenvalue weighted by atomic mass is 9.93. The van der Waals surface area contributed by atoms with Crippen LogP contribution < -0.4 is 5.30 Å². The first-order chi connectivity index (χ1) is 8.52. The Kier molecular flexibility index (Phi) is 3.63. The van der Waals surface area contributed by atoms with Crippen molar-refractivity contribution in [2.45, 2.75) is 20.8 Å². The summed E-state index contributed by atoms with van der Waals surface area (Å²) in [5.41, 5.74) is 4.89. The number of carbonyl (C=O) groups is 1. The van der Waals surface area contributed by atoms with Crippen LogP contribution in [0.1, 0.15) is 32.6 Å². The maximum atomic E-state index is 12.5. The van der Waals surface area contributed by atoms with Crippen molar-refractivity contribution < 1.29 is 4.79 Å². The molecule has 2 aromatic carbocycles. The van der Waals surface area contributed by atoms with Crippen LogP contribution in [-0.2, 0) is 0 Å². The Morgan fingerprint density at radius 3 is 2.22 bits per heavy atom. The molecule has 0 fully saturated rings. The number of benzene rings is 2. The van der Waals surface area contributed by atoms with Crippen LogP contribution in [-0.4, -0.2) is 5.78 Å². The molecule has 0 N–H and O–H groups in total. The average molecular weight is 256 g/mol. The van der Waals surface area contributed by atoms with Crippen molar-refractivity contribution >= 4 is 20.3 Å². The van der Waals surface area contributed by atoms with E-state index in [-0.39, 0.29) is 5.78 Å². The summed E-state index contributed by atoms with van der Waals surface area (Å²) >= 11 is 0. The fourth-order valence-corrected chi connectivity index (χ4v) is 2.51. The Morgan fingerprint density at radius 1 is 1.00 bits per heavy atom. The number of hydrogen-bond acceptors (Lipinski definition) is 1. The summed E-state index contributed by atoms with van der Waals surface area (Å²) in [4.78, 5) is 12.5. The van der Waals surface area contributed by atoms with Crippen LogP contribution in [0, 0.1) is 20.8 Å². The summed E-state index contributed by atoms with van der Waals surface area (Å²) in [5, 5.41) is 1.12. The van der Waals surface area contributed by atoms with E-state index in [1.165, 1.54) is 5.56 Å². The summed E-state index contributed by atoms with van der Waals surface area (Å²) in [6.45, 7) is 6.08. The Hall–Kier alpha value is -1.46. The van der Waals surface area contributed by atoms with Crippen molar-refractivity contribution in [1.29, 1.82) is 0 Å². The Labute approximate surface area is 110 Å². The van der Waals surface area contributed by atoms with Crippen LogP contribution in [0.15, 0.2) is 36.4 Å². The molecule has 0 aliphatic heterocycles. The summed E-state index contributed by atoms with van der Waals surface area (Å²) in [6, 6.07) is 11.5. The van der Waals surface area contributed by atoms with Crippen LogP contribution >= 0.6 is 9.24 Å². The molecule has 0 bridgehead atoms. The van der Waals surface area contributed by atoms with Gasteiger partial charge in [0.05, 0.1) is 0 Å². The van der Waals surface area contributed by atoms with Gasteiger partial charge in [0.1, 0.15) is 0 Å². The third-order valence-electron chi connectivity index (χ3n) is 3.29. The SMILES string of the molecule is Cc1cc(C)c(C(=O)c2ccccc2)c(C)c1P. The second-order valence-electron chi connectivity index (χ2n) is 4.62. The van der Waals surface area contributed by atoms with Gasteiger partial charge in [-0.25, -0.2) is 0 Å². The standard InChI is InChI=1S/C16H17OP/c1-10-9-11(2)16(18)12(3)14(10)15(17)13-7-5-4-6-8-13/h4-9H,18H2,1-3H3. The third kappa shape index (κ3) is 2.23. The lowest BCUT2D eigenvalue weighted by Crippen LogP contribution is -2.14. The second kappa shape index (κ2) is 5.04. The topological polar surface area (TPSA) is 17.1 Å². The lowest BCUT2D eigenvalue weighted by Gasteiger charge is -2.14. The van der Waals surface area contributed by atoms with Gasteiger partial charge in [-0.2, -0.15) is 0 Å². The van der Waals surface area contributed by atoms with E-state index in [0.29, 0.717) is 0 Å². The molecule has 92 valence electrons. The first-order valence-electron chi connectivity index (χ1n) is 5.98. The quantitative estimate of drug-likeness (QED) is 0.595. The predicted octanol–water partition coefficient (Wildman–Crippen LogP) is 3.34. The maximum Gasteiger partial charge on any atom is 0.193 e. The minimum atomic E-state index is 0.106. The summed E-state index contributed by atoms with van der Waals surface area (Å²) in [5.74, 6) is 0.106. The van der Waals surface area contributed by atoms with Gasteiger partial charge in [-0.15, -0.1) is 9.24 Å². The number of hydrogen-bond donors (Lipinski definition) is 0. The molecule has 0 spiro atoms. The fourth-order valence-electron chi connectivity index (χ4n) is 2.28. The highest BCUT2D eigenvalue weighted by Crippen LogP contribution is 2.20. The van der Waals surface area contributed by atoms with E-state index in [9.17, 15) is 4.79 Å². The largest absolute Gasteiger partial charge is 0.289 e. The average Bonchev–Trinajstić information content (AvgIpc) is 2.37. The first kappa shape index (κ1) is 13.0. The zero-order valence-corrected chi connectivity index (χ0v) is 12.1. The normalized spacial score (nSPS) is 10.4. The second-order valence-corrected chi connectivity index (χ2v) is 5.20. The molecular formula is C16H17OP. The molecule has 0 saturated heterocycles. The zero-order valence-electron chi connectivity index (χ0n) is 10.9. The van der Waals surface area contributed by atoms with Gasteiger partial charge in [-0.1, -0.05) is 36.4 Å². The van der Waals surface area contributed by atoms with E-state index in [0.717, 1.165) is 27.6 Å². The van der Waals surface area contributed by atoms with Crippen molar-refractivity contribution in [3.63, 3.8) is 0 Å². The molecule has 2 aromatic rings. The minimum absolute atomic E-state index is 0.106. The van der Waals surface area contributed by atoms with Gasteiger partial charge in [0.2, 0.25) is 0 Å². The summed E-state index contributed by atoms with van der Waals surface area (Å²) in [7, 11) is 2.73. The number of ketones is 1. The fraction of sp³-hybridized carbons (Fsp3) is 0.188. The van der Waals surface area contributed by atoms with Gasteiger partial charge in [-0.3, -0.25) is 4.79 Å². The number of rotatable bonds is 2. The van der Waals surface area contributed by atoms with Crippen LogP contribution in [0.3, 0.4) is 0 Å². The molecule has 0 heterocycles. The summed E-state index contributed by atoms with van der Waals surface area (Å²) in [6.07, 6.45) is 0. The van der Waals surface area contributed by atoms with Crippen molar-refractivity contribution in [3.05, 3.63) is 64.2 Å². The van der Waals surface area contributed by atoms with Crippen molar-refractivity contribution in [3.8, 4) is 0 Å². The monoisotopic (exact) mass is 256 g/mol. The van der Waals surface area contributed by atoms with E-state index < -0.39 is 0 Å². The van der Waals surface area contributed by atoms with Crippen LogP contribution in [0.5, 0.6) is 0 Å². The minimum Gasteiger partial charge on any atom is -0.289 e. The molecule has 2 rings (SSSR count). The molecule has 0 aromatic heterocycles. The lowest BCUT2D eigenvalue weighted by molar-refractivity contribution is 0.103. The highest BCUT2D eigenvalue weighted by molar-refractivity contribution is 7.27. The smallest absolute Gasteiger partial charge is 0.193 e. The van der Waals surface area contributed by atoms with Gasteiger partial charge in [0.15, 0.2) is 5.78 Å². The maximum absolute atomic E-state index is 12.5. The molecule has 1 unspecified atom stereocenters. The third-order valence-corrected chi connectivity index (χ3v) is 4.18. The van der Waals surface area contributed by atoms with Crippen molar-refractivity contribution in [1.82, 2.24) is 0 Å². The van der Waals surface area contributed by atoms with Crippen LogP contribution in [0.2, 0.25) is 0 Å². The van der Waals surface area contributed by atoms with E-state index in [2.05, 4.69) is 22.2 Å². The van der Waals surface area contributed by atoms with Gasteiger partial charge in [0.25, 0.3) is 0 Å². The zero-order chi connectivity index (χ0) is 13.3. The molecule has 18 heavy (non-hydrogen) atoms. The Morgan fingerprint density at radius 2 is 1.61 bits per heavy atom. The molecule has 2 heteroatoms. The molecule has 1 nitrogen and oxygen atoms in total. The first-order valence-corrected chi connectivity index (χ1v) is 6.56. The molecule has 0 aliphatic rings. The molecule has 0 amide bonds. The molecule has 0 saturated carbocycles. The Bertz CT molecular complexity index is 600. The van der Waals surface area contributed by atoms with E-state index in [1.54, 1.807) is 0 Å². The molecule has 0 aliphatic carbocycles. The predicted molar refractivity (Wildman–Crippen MR) is 79.9 cm³/mol. The van der Waals surface area contributed by atoms with Crippen molar-refractivity contribution in [2.75, 3.05) is 0 Å². The van der Waals surface area contributed by atoms with Crippen LogP contribution in [0.4, 0.5) is 0 Å². The van der Waals surface area contributed by atoms with E-state index in [4.69, 9.17) is 0 Å².